The third kappa shape index (κ3) is 49.8. The van der Waals surface area contributed by atoms with Gasteiger partial charge in [-0.15, -0.1) is 0 Å². The van der Waals surface area contributed by atoms with E-state index in [-0.39, 0.29) is 18.5 Å². The third-order valence-corrected chi connectivity index (χ3v) is 13.2. The van der Waals surface area contributed by atoms with Gasteiger partial charge in [0.1, 0.15) is 0 Å². The van der Waals surface area contributed by atoms with Crippen molar-refractivity contribution >= 4 is 11.9 Å². The fourth-order valence-electron chi connectivity index (χ4n) is 8.81. The van der Waals surface area contributed by atoms with E-state index in [0.29, 0.717) is 25.9 Å². The molecule has 0 bridgehead atoms. The maximum Gasteiger partial charge on any atom is 0.305 e. The average molecular weight is 903 g/mol. The summed E-state index contributed by atoms with van der Waals surface area (Å²) < 4.78 is 5.47. The summed E-state index contributed by atoms with van der Waals surface area (Å²) in [5.41, 5.74) is 0. The minimum Gasteiger partial charge on any atom is -0.466 e. The molecule has 0 aromatic rings. The smallest absolute Gasteiger partial charge is 0.305 e. The number of esters is 1. The number of allylic oxidation sites excluding steroid dienone is 4. The molecule has 378 valence electrons. The van der Waals surface area contributed by atoms with Crippen molar-refractivity contribution in [2.45, 2.75) is 321 Å². The molecule has 6 nitrogen and oxygen atoms in total. The summed E-state index contributed by atoms with van der Waals surface area (Å²) in [7, 11) is 0. The van der Waals surface area contributed by atoms with Crippen LogP contribution in [0.2, 0.25) is 0 Å². The zero-order chi connectivity index (χ0) is 46.5. The number of ether oxygens (including phenoxy) is 1. The van der Waals surface area contributed by atoms with Gasteiger partial charge in [-0.05, 0) is 77.0 Å². The van der Waals surface area contributed by atoms with Crippen molar-refractivity contribution in [2.75, 3.05) is 13.2 Å². The van der Waals surface area contributed by atoms with E-state index < -0.39 is 12.1 Å². The fourth-order valence-corrected chi connectivity index (χ4v) is 8.81. The van der Waals surface area contributed by atoms with Crippen molar-refractivity contribution in [2.24, 2.45) is 0 Å². The van der Waals surface area contributed by atoms with Gasteiger partial charge in [0.2, 0.25) is 5.91 Å². The number of aliphatic hydroxyl groups excluding tert-OH is 2. The van der Waals surface area contributed by atoms with Crippen molar-refractivity contribution in [1.29, 1.82) is 0 Å². The Morgan fingerprint density at radius 2 is 0.734 bits per heavy atom. The molecule has 0 spiro atoms. The quantitative estimate of drug-likeness (QED) is 0.0321. The number of hydrogen-bond acceptors (Lipinski definition) is 5. The van der Waals surface area contributed by atoms with Crippen LogP contribution in [0.1, 0.15) is 309 Å². The predicted octanol–water partition coefficient (Wildman–Crippen LogP) is 17.5. The molecular formula is C58H111NO5. The van der Waals surface area contributed by atoms with E-state index in [2.05, 4.69) is 43.5 Å². The maximum absolute atomic E-state index is 12.4. The van der Waals surface area contributed by atoms with E-state index >= 15 is 0 Å². The minimum atomic E-state index is -0.665. The van der Waals surface area contributed by atoms with Crippen LogP contribution in [-0.4, -0.2) is 47.4 Å². The zero-order valence-corrected chi connectivity index (χ0v) is 43.0. The monoisotopic (exact) mass is 902 g/mol. The Labute approximate surface area is 399 Å². The summed E-state index contributed by atoms with van der Waals surface area (Å²) in [5, 5.41) is 23.1. The lowest BCUT2D eigenvalue weighted by Gasteiger charge is -2.22. The van der Waals surface area contributed by atoms with Gasteiger partial charge in [0.05, 0.1) is 25.4 Å². The zero-order valence-electron chi connectivity index (χ0n) is 43.0. The van der Waals surface area contributed by atoms with E-state index in [9.17, 15) is 19.8 Å². The molecule has 2 unspecified atom stereocenters. The predicted molar refractivity (Wildman–Crippen MR) is 278 cm³/mol. The van der Waals surface area contributed by atoms with Crippen LogP contribution in [0.15, 0.2) is 24.3 Å². The lowest BCUT2D eigenvalue weighted by Crippen LogP contribution is -2.45. The van der Waals surface area contributed by atoms with Crippen molar-refractivity contribution in [3.05, 3.63) is 24.3 Å². The normalized spacial score (nSPS) is 12.8. The highest BCUT2D eigenvalue weighted by atomic mass is 16.5. The van der Waals surface area contributed by atoms with E-state index in [0.717, 1.165) is 44.9 Å². The summed E-state index contributed by atoms with van der Waals surface area (Å²) in [6.45, 7) is 4.92. The van der Waals surface area contributed by atoms with Gasteiger partial charge < -0.3 is 20.3 Å². The summed E-state index contributed by atoms with van der Waals surface area (Å²) in [6, 6.07) is -0.542. The Morgan fingerprint density at radius 1 is 0.422 bits per heavy atom. The Hall–Kier alpha value is -1.66. The third-order valence-electron chi connectivity index (χ3n) is 13.2. The summed E-state index contributed by atoms with van der Waals surface area (Å²) in [5.74, 6) is -0.0378. The average Bonchev–Trinajstić information content (AvgIpc) is 3.29. The minimum absolute atomic E-state index is 0.00312. The number of unbranched alkanes of at least 4 members (excludes halogenated alkanes) is 38. The Balaban J connectivity index is 3.38. The number of rotatable bonds is 53. The molecule has 2 atom stereocenters. The molecule has 0 fully saturated rings. The van der Waals surface area contributed by atoms with Crippen molar-refractivity contribution in [3.63, 3.8) is 0 Å². The van der Waals surface area contributed by atoms with Gasteiger partial charge in [-0.1, -0.05) is 244 Å². The van der Waals surface area contributed by atoms with Crippen LogP contribution in [0.3, 0.4) is 0 Å². The molecule has 0 aliphatic carbocycles. The molecule has 0 heterocycles. The number of amides is 1. The maximum atomic E-state index is 12.4. The molecule has 0 radical (unpaired) electrons. The highest BCUT2D eigenvalue weighted by Gasteiger charge is 2.20. The van der Waals surface area contributed by atoms with Crippen molar-refractivity contribution < 1.29 is 24.5 Å². The van der Waals surface area contributed by atoms with Crippen LogP contribution in [0.25, 0.3) is 0 Å². The molecule has 3 N–H and O–H groups in total. The van der Waals surface area contributed by atoms with Gasteiger partial charge in [-0.25, -0.2) is 0 Å². The van der Waals surface area contributed by atoms with Gasteiger partial charge in [-0.2, -0.15) is 0 Å². The molecule has 0 aliphatic heterocycles. The Kier molecular flexibility index (Phi) is 52.6. The molecule has 0 saturated carbocycles. The summed E-state index contributed by atoms with van der Waals surface area (Å²) >= 11 is 0. The lowest BCUT2D eigenvalue weighted by atomic mass is 10.0. The molecule has 6 heteroatoms. The van der Waals surface area contributed by atoms with E-state index in [1.54, 1.807) is 0 Å². The highest BCUT2D eigenvalue weighted by Crippen LogP contribution is 2.16. The highest BCUT2D eigenvalue weighted by molar-refractivity contribution is 5.76. The first-order valence-corrected chi connectivity index (χ1v) is 28.6. The van der Waals surface area contributed by atoms with Crippen molar-refractivity contribution in [3.8, 4) is 0 Å². The number of carbonyl (C=O) groups excluding carboxylic acids is 2. The Morgan fingerprint density at radius 3 is 1.12 bits per heavy atom. The van der Waals surface area contributed by atoms with Gasteiger partial charge in [0.25, 0.3) is 0 Å². The standard InChI is InChI=1S/C58H111NO5/c1-3-5-7-9-11-13-15-28-32-36-40-44-48-52-58(63)64-53-49-45-41-37-33-30-27-25-23-21-19-17-16-18-20-22-24-26-29-31-35-39-43-47-51-57(62)59-55(54-60)56(61)50-46-42-38-34-14-12-10-8-6-4-2/h13,15,18,20,55-56,60-61H,3-12,14,16-17,19,21-54H2,1-2H3,(H,59,62)/b15-13-,20-18-. The number of aliphatic hydroxyl groups is 2. The summed E-state index contributed by atoms with van der Waals surface area (Å²) in [6.07, 6.45) is 64.6. The number of carbonyl (C=O) groups is 2. The second kappa shape index (κ2) is 54.0. The van der Waals surface area contributed by atoms with Crippen LogP contribution >= 0.6 is 0 Å². The molecule has 1 amide bonds. The van der Waals surface area contributed by atoms with Crippen LogP contribution in [0, 0.1) is 0 Å². The molecule has 64 heavy (non-hydrogen) atoms. The van der Waals surface area contributed by atoms with Crippen LogP contribution < -0.4 is 5.32 Å². The van der Waals surface area contributed by atoms with E-state index in [4.69, 9.17) is 4.74 Å². The molecule has 0 rings (SSSR count). The first-order chi connectivity index (χ1) is 31.5. The van der Waals surface area contributed by atoms with Crippen LogP contribution in [0.4, 0.5) is 0 Å². The number of nitrogens with one attached hydrogen (secondary N) is 1. The lowest BCUT2D eigenvalue weighted by molar-refractivity contribution is -0.143. The van der Waals surface area contributed by atoms with Gasteiger partial charge in [0, 0.05) is 12.8 Å². The largest absolute Gasteiger partial charge is 0.466 e. The van der Waals surface area contributed by atoms with E-state index in [1.807, 2.05) is 0 Å². The number of hydrogen-bond donors (Lipinski definition) is 3. The van der Waals surface area contributed by atoms with Crippen LogP contribution in [0.5, 0.6) is 0 Å². The summed E-state index contributed by atoms with van der Waals surface area (Å²) in [4.78, 5) is 24.4. The second-order valence-corrected chi connectivity index (χ2v) is 19.6. The molecule has 0 aromatic carbocycles. The molecule has 0 saturated heterocycles. The molecule has 0 aliphatic rings. The van der Waals surface area contributed by atoms with Crippen molar-refractivity contribution in [1.82, 2.24) is 5.32 Å². The van der Waals surface area contributed by atoms with E-state index in [1.165, 1.54) is 231 Å². The SMILES string of the molecule is CCCCCC/C=C\CCCCCCCC(=O)OCCCCCCCCCCCCCC/C=C\CCCCCCCCCCC(=O)NC(CO)C(O)CCCCCCCCCCCC. The van der Waals surface area contributed by atoms with Gasteiger partial charge in [0.15, 0.2) is 0 Å². The molecular weight excluding hydrogens is 791 g/mol. The topological polar surface area (TPSA) is 95.9 Å². The molecule has 0 aromatic heterocycles. The first kappa shape index (κ1) is 62.3. The first-order valence-electron chi connectivity index (χ1n) is 28.6. The van der Waals surface area contributed by atoms with Gasteiger partial charge >= 0.3 is 5.97 Å². The Bertz CT molecular complexity index is 997. The fraction of sp³-hybridized carbons (Fsp3) is 0.897. The van der Waals surface area contributed by atoms with Gasteiger partial charge in [-0.3, -0.25) is 9.59 Å². The van der Waals surface area contributed by atoms with Crippen LogP contribution in [-0.2, 0) is 14.3 Å². The second-order valence-electron chi connectivity index (χ2n) is 19.6.